The van der Waals surface area contributed by atoms with Gasteiger partial charge in [0.2, 0.25) is 0 Å². The van der Waals surface area contributed by atoms with E-state index >= 15 is 0 Å². The molecule has 5 nitrogen and oxygen atoms in total. The van der Waals surface area contributed by atoms with Crippen LogP contribution in [0, 0.1) is 0 Å². The van der Waals surface area contributed by atoms with Crippen molar-refractivity contribution < 1.29 is 4.79 Å². The molecule has 4 rings (SSSR count). The van der Waals surface area contributed by atoms with Gasteiger partial charge in [0.15, 0.2) is 5.13 Å². The number of anilines is 1. The van der Waals surface area contributed by atoms with Crippen molar-refractivity contribution in [3.05, 3.63) is 10.6 Å². The summed E-state index contributed by atoms with van der Waals surface area (Å²) in [5, 5.41) is 6.90. The van der Waals surface area contributed by atoms with Crippen LogP contribution in [0.15, 0.2) is 0 Å². The number of rotatable bonds is 2. The minimum Gasteiger partial charge on any atom is -0.335 e. The fourth-order valence-corrected chi connectivity index (χ4v) is 5.30. The highest BCUT2D eigenvalue weighted by Crippen LogP contribution is 2.29. The average molecular weight is 334 g/mol. The third-order valence-electron chi connectivity index (χ3n) is 5.47. The zero-order valence-corrected chi connectivity index (χ0v) is 14.5. The maximum atomic E-state index is 12.3. The molecule has 6 heteroatoms. The number of hydrogen-bond acceptors (Lipinski definition) is 4. The molecule has 0 spiro atoms. The van der Waals surface area contributed by atoms with Gasteiger partial charge in [0.1, 0.15) is 0 Å². The highest BCUT2D eigenvalue weighted by molar-refractivity contribution is 7.15. The van der Waals surface area contributed by atoms with Crippen LogP contribution >= 0.6 is 11.3 Å². The van der Waals surface area contributed by atoms with Gasteiger partial charge < -0.3 is 10.2 Å². The van der Waals surface area contributed by atoms with Crippen LogP contribution in [0.3, 0.4) is 0 Å². The van der Waals surface area contributed by atoms with Crippen molar-refractivity contribution in [2.75, 3.05) is 18.4 Å². The quantitative estimate of drug-likeness (QED) is 0.817. The number of thiazole rings is 1. The first-order chi connectivity index (χ1) is 11.3. The average Bonchev–Trinajstić information content (AvgIpc) is 3.08. The SMILES string of the molecule is O=C(Nc1nc2c(s1)CCCCC2)NC1CCN2CCCC2C1. The summed E-state index contributed by atoms with van der Waals surface area (Å²) in [5.74, 6) is 0. The smallest absolute Gasteiger partial charge is 0.321 e. The van der Waals surface area contributed by atoms with E-state index in [0.717, 1.165) is 37.4 Å². The molecule has 0 radical (unpaired) electrons. The summed E-state index contributed by atoms with van der Waals surface area (Å²) in [7, 11) is 0. The van der Waals surface area contributed by atoms with Crippen molar-refractivity contribution in [1.82, 2.24) is 15.2 Å². The maximum Gasteiger partial charge on any atom is 0.321 e. The third-order valence-corrected chi connectivity index (χ3v) is 6.54. The summed E-state index contributed by atoms with van der Waals surface area (Å²) in [4.78, 5) is 20.9. The highest BCUT2D eigenvalue weighted by atomic mass is 32.1. The lowest BCUT2D eigenvalue weighted by Crippen LogP contribution is -2.48. The Morgan fingerprint density at radius 2 is 2.04 bits per heavy atom. The Kier molecular flexibility index (Phi) is 4.53. The first kappa shape index (κ1) is 15.4. The number of urea groups is 1. The lowest BCUT2D eigenvalue weighted by Gasteiger charge is -2.35. The lowest BCUT2D eigenvalue weighted by atomic mass is 9.98. The summed E-state index contributed by atoms with van der Waals surface area (Å²) in [5.41, 5.74) is 1.21. The second-order valence-electron chi connectivity index (χ2n) is 7.10. The monoisotopic (exact) mass is 334 g/mol. The van der Waals surface area contributed by atoms with Crippen LogP contribution in [0.5, 0.6) is 0 Å². The Balaban J connectivity index is 1.31. The number of carbonyl (C=O) groups excluding carboxylic acids is 1. The van der Waals surface area contributed by atoms with Crippen LogP contribution in [-0.4, -0.2) is 41.1 Å². The van der Waals surface area contributed by atoms with Crippen LogP contribution in [-0.2, 0) is 12.8 Å². The van der Waals surface area contributed by atoms with Crippen LogP contribution in [0.25, 0.3) is 0 Å². The van der Waals surface area contributed by atoms with Crippen LogP contribution in [0.4, 0.5) is 9.93 Å². The molecule has 1 aliphatic carbocycles. The second kappa shape index (κ2) is 6.77. The molecule has 2 saturated heterocycles. The predicted molar refractivity (Wildman–Crippen MR) is 93.1 cm³/mol. The van der Waals surface area contributed by atoms with Crippen molar-refractivity contribution in [2.24, 2.45) is 0 Å². The van der Waals surface area contributed by atoms with Crippen LogP contribution < -0.4 is 10.6 Å². The highest BCUT2D eigenvalue weighted by Gasteiger charge is 2.32. The minimum absolute atomic E-state index is 0.0784. The van der Waals surface area contributed by atoms with E-state index in [0.29, 0.717) is 12.1 Å². The molecule has 2 fully saturated rings. The third kappa shape index (κ3) is 3.53. The normalized spacial score (nSPS) is 27.8. The number of nitrogens with zero attached hydrogens (tertiary/aromatic N) is 2. The molecule has 23 heavy (non-hydrogen) atoms. The molecular weight excluding hydrogens is 308 g/mol. The number of fused-ring (bicyclic) bond motifs is 2. The standard InChI is InChI=1S/C17H26N4OS/c22-16(18-12-8-10-21-9-4-5-13(21)11-12)20-17-19-14-6-2-1-3-7-15(14)23-17/h12-13H,1-11H2,(H2,18,19,20,22). The molecule has 3 aliphatic rings. The van der Waals surface area contributed by atoms with E-state index in [9.17, 15) is 4.79 Å². The van der Waals surface area contributed by atoms with E-state index in [1.165, 1.54) is 49.2 Å². The number of hydrogen-bond donors (Lipinski definition) is 2. The summed E-state index contributed by atoms with van der Waals surface area (Å²) in [6, 6.07) is 0.919. The van der Waals surface area contributed by atoms with Crippen molar-refractivity contribution in [3.63, 3.8) is 0 Å². The number of amides is 2. The predicted octanol–water partition coefficient (Wildman–Crippen LogP) is 3.16. The molecule has 2 amide bonds. The van der Waals surface area contributed by atoms with Gasteiger partial charge in [0.05, 0.1) is 5.69 Å². The Morgan fingerprint density at radius 1 is 1.13 bits per heavy atom. The lowest BCUT2D eigenvalue weighted by molar-refractivity contribution is 0.168. The Morgan fingerprint density at radius 3 is 3.00 bits per heavy atom. The number of piperidine rings is 1. The molecular formula is C17H26N4OS. The van der Waals surface area contributed by atoms with Gasteiger partial charge in [-0.1, -0.05) is 6.42 Å². The van der Waals surface area contributed by atoms with E-state index < -0.39 is 0 Å². The Hall–Kier alpha value is -1.14. The Bertz CT molecular complexity index is 549. The van der Waals surface area contributed by atoms with Crippen molar-refractivity contribution in [1.29, 1.82) is 0 Å². The largest absolute Gasteiger partial charge is 0.335 e. The van der Waals surface area contributed by atoms with Gasteiger partial charge in [-0.05, 0) is 57.9 Å². The number of aromatic nitrogens is 1. The molecule has 2 N–H and O–H groups in total. The molecule has 0 bridgehead atoms. The molecule has 1 aromatic rings. The zero-order valence-electron chi connectivity index (χ0n) is 13.6. The molecule has 2 aliphatic heterocycles. The first-order valence-corrected chi connectivity index (χ1v) is 9.90. The van der Waals surface area contributed by atoms with Gasteiger partial charge in [0, 0.05) is 23.5 Å². The van der Waals surface area contributed by atoms with Crippen LogP contribution in [0.1, 0.15) is 55.5 Å². The summed E-state index contributed by atoms with van der Waals surface area (Å²) in [6.45, 7) is 2.37. The van der Waals surface area contributed by atoms with Crippen LogP contribution in [0.2, 0.25) is 0 Å². The van der Waals surface area contributed by atoms with Gasteiger partial charge >= 0.3 is 6.03 Å². The molecule has 1 aromatic heterocycles. The Labute approximate surface area is 141 Å². The molecule has 0 aromatic carbocycles. The van der Waals surface area contributed by atoms with Crippen molar-refractivity contribution in [2.45, 2.75) is 69.9 Å². The van der Waals surface area contributed by atoms with Gasteiger partial charge in [-0.15, -0.1) is 11.3 Å². The van der Waals surface area contributed by atoms with Crippen molar-refractivity contribution >= 4 is 22.5 Å². The van der Waals surface area contributed by atoms with E-state index in [1.54, 1.807) is 11.3 Å². The van der Waals surface area contributed by atoms with Crippen molar-refractivity contribution in [3.8, 4) is 0 Å². The zero-order chi connectivity index (χ0) is 15.6. The topological polar surface area (TPSA) is 57.3 Å². The molecule has 3 heterocycles. The molecule has 0 saturated carbocycles. The summed E-state index contributed by atoms with van der Waals surface area (Å²) in [6.07, 6.45) is 10.7. The van der Waals surface area contributed by atoms with Gasteiger partial charge in [-0.3, -0.25) is 5.32 Å². The number of nitrogens with one attached hydrogen (secondary N) is 2. The first-order valence-electron chi connectivity index (χ1n) is 9.08. The molecule has 126 valence electrons. The molecule has 2 atom stereocenters. The summed E-state index contributed by atoms with van der Waals surface area (Å²) >= 11 is 1.66. The second-order valence-corrected chi connectivity index (χ2v) is 8.18. The minimum atomic E-state index is -0.0784. The number of aryl methyl sites for hydroxylation is 2. The number of carbonyl (C=O) groups is 1. The van der Waals surface area contributed by atoms with E-state index in [2.05, 4.69) is 20.5 Å². The van der Waals surface area contributed by atoms with Gasteiger partial charge in [0.25, 0.3) is 0 Å². The van der Waals surface area contributed by atoms with Gasteiger partial charge in [-0.2, -0.15) is 0 Å². The van der Waals surface area contributed by atoms with E-state index in [4.69, 9.17) is 0 Å². The van der Waals surface area contributed by atoms with Gasteiger partial charge in [-0.25, -0.2) is 9.78 Å². The maximum absolute atomic E-state index is 12.3. The van der Waals surface area contributed by atoms with E-state index in [-0.39, 0.29) is 6.03 Å². The summed E-state index contributed by atoms with van der Waals surface area (Å²) < 4.78 is 0. The fourth-order valence-electron chi connectivity index (χ4n) is 4.26. The molecule has 2 unspecified atom stereocenters. The fraction of sp³-hybridized carbons (Fsp3) is 0.765. The van der Waals surface area contributed by atoms with E-state index in [1.807, 2.05) is 0 Å².